The second-order valence-electron chi connectivity index (χ2n) is 5.77. The number of thiophene rings is 1. The Morgan fingerprint density at radius 2 is 2.08 bits per heavy atom. The van der Waals surface area contributed by atoms with E-state index >= 15 is 0 Å². The molecule has 1 atom stereocenters. The highest BCUT2D eigenvalue weighted by atomic mass is 32.1. The molecule has 0 unspecified atom stereocenters. The van der Waals surface area contributed by atoms with Crippen molar-refractivity contribution in [1.82, 2.24) is 15.0 Å². The summed E-state index contributed by atoms with van der Waals surface area (Å²) in [4.78, 5) is 8.11. The van der Waals surface area contributed by atoms with Crippen LogP contribution in [0.3, 0.4) is 0 Å². The lowest BCUT2D eigenvalue weighted by Crippen LogP contribution is -2.21. The maximum atomic E-state index is 5.46. The molecule has 122 valence electrons. The Morgan fingerprint density at radius 3 is 2.88 bits per heavy atom. The number of fused-ring (bicyclic) bond motifs is 1. The monoisotopic (exact) mass is 355 g/mol. The van der Waals surface area contributed by atoms with Crippen LogP contribution in [0.5, 0.6) is 0 Å². The SMILES string of the molecule is C[C@H](c1nc2ccccc2s1)N(C)Cc1cc(-c2cccs2)on1. The van der Waals surface area contributed by atoms with Crippen LogP contribution in [0.4, 0.5) is 0 Å². The van der Waals surface area contributed by atoms with Gasteiger partial charge in [-0.2, -0.15) is 0 Å². The molecule has 0 amide bonds. The number of benzene rings is 1. The number of nitrogens with zero attached hydrogens (tertiary/aromatic N) is 3. The van der Waals surface area contributed by atoms with Gasteiger partial charge in [0.1, 0.15) is 5.01 Å². The van der Waals surface area contributed by atoms with E-state index in [-0.39, 0.29) is 6.04 Å². The van der Waals surface area contributed by atoms with Crippen molar-refractivity contribution in [2.45, 2.75) is 19.5 Å². The molecule has 1 aromatic carbocycles. The first kappa shape index (κ1) is 15.5. The molecule has 0 fully saturated rings. The first-order chi connectivity index (χ1) is 11.7. The van der Waals surface area contributed by atoms with Crippen LogP contribution >= 0.6 is 22.7 Å². The van der Waals surface area contributed by atoms with Gasteiger partial charge in [-0.05, 0) is 37.6 Å². The lowest BCUT2D eigenvalue weighted by molar-refractivity contribution is 0.245. The standard InChI is InChI=1S/C18H17N3OS2/c1-12(18-19-14-6-3-4-7-16(14)24-18)21(2)11-13-10-15(22-20-13)17-8-5-9-23-17/h3-10,12H,11H2,1-2H3/t12-/m1/s1. The average molecular weight is 355 g/mol. The van der Waals surface area contributed by atoms with Crippen molar-refractivity contribution >= 4 is 32.9 Å². The normalized spacial score (nSPS) is 13.0. The highest BCUT2D eigenvalue weighted by molar-refractivity contribution is 7.18. The van der Waals surface area contributed by atoms with Crippen LogP contribution < -0.4 is 0 Å². The molecule has 4 nitrogen and oxygen atoms in total. The second-order valence-corrected chi connectivity index (χ2v) is 7.78. The third-order valence-corrected chi connectivity index (χ3v) is 6.15. The Morgan fingerprint density at radius 1 is 1.21 bits per heavy atom. The zero-order chi connectivity index (χ0) is 16.5. The van der Waals surface area contributed by atoms with Gasteiger partial charge in [-0.15, -0.1) is 22.7 Å². The molecule has 0 bridgehead atoms. The maximum absolute atomic E-state index is 5.46. The lowest BCUT2D eigenvalue weighted by atomic mass is 10.2. The van der Waals surface area contributed by atoms with Crippen LogP contribution in [0, 0.1) is 0 Å². The molecular formula is C18H17N3OS2. The molecule has 0 aliphatic carbocycles. The van der Waals surface area contributed by atoms with Crippen molar-refractivity contribution in [3.05, 3.63) is 58.5 Å². The molecule has 3 aromatic heterocycles. The molecule has 0 aliphatic rings. The minimum absolute atomic E-state index is 0.226. The lowest BCUT2D eigenvalue weighted by Gasteiger charge is -2.21. The Kier molecular flexibility index (Phi) is 4.18. The molecule has 6 heteroatoms. The van der Waals surface area contributed by atoms with Crippen LogP contribution in [0.2, 0.25) is 0 Å². The summed E-state index contributed by atoms with van der Waals surface area (Å²) >= 11 is 3.41. The predicted molar refractivity (Wildman–Crippen MR) is 99.3 cm³/mol. The van der Waals surface area contributed by atoms with Gasteiger partial charge in [0.2, 0.25) is 0 Å². The first-order valence-corrected chi connectivity index (χ1v) is 9.45. The highest BCUT2D eigenvalue weighted by Gasteiger charge is 2.18. The maximum Gasteiger partial charge on any atom is 0.177 e. The van der Waals surface area contributed by atoms with Crippen LogP contribution in [0.15, 0.2) is 52.4 Å². The van der Waals surface area contributed by atoms with E-state index in [1.165, 1.54) is 4.70 Å². The Labute approximate surface area is 148 Å². The zero-order valence-corrected chi connectivity index (χ0v) is 15.1. The van der Waals surface area contributed by atoms with Crippen molar-refractivity contribution in [2.75, 3.05) is 7.05 Å². The quantitative estimate of drug-likeness (QED) is 0.493. The van der Waals surface area contributed by atoms with Gasteiger partial charge >= 0.3 is 0 Å². The fourth-order valence-electron chi connectivity index (χ4n) is 2.57. The predicted octanol–water partition coefficient (Wildman–Crippen LogP) is 5.21. The number of hydrogen-bond acceptors (Lipinski definition) is 6. The van der Waals surface area contributed by atoms with E-state index in [1.54, 1.807) is 22.7 Å². The van der Waals surface area contributed by atoms with Gasteiger partial charge in [0.15, 0.2) is 5.76 Å². The third kappa shape index (κ3) is 3.00. The average Bonchev–Trinajstić information content (AvgIpc) is 3.32. The minimum atomic E-state index is 0.226. The first-order valence-electron chi connectivity index (χ1n) is 7.76. The van der Waals surface area contributed by atoms with Crippen molar-refractivity contribution in [3.63, 3.8) is 0 Å². The zero-order valence-electron chi connectivity index (χ0n) is 13.5. The molecule has 0 aliphatic heterocycles. The van der Waals surface area contributed by atoms with Gasteiger partial charge < -0.3 is 4.52 Å². The van der Waals surface area contributed by atoms with Crippen LogP contribution in [0.1, 0.15) is 23.7 Å². The molecule has 0 N–H and O–H groups in total. The Hall–Kier alpha value is -2.02. The smallest absolute Gasteiger partial charge is 0.177 e. The fourth-order valence-corrected chi connectivity index (χ4v) is 4.33. The van der Waals surface area contributed by atoms with Crippen LogP contribution in [0.25, 0.3) is 20.9 Å². The number of hydrogen-bond donors (Lipinski definition) is 0. The van der Waals surface area contributed by atoms with Gasteiger partial charge in [0, 0.05) is 12.6 Å². The van der Waals surface area contributed by atoms with E-state index in [2.05, 4.69) is 42.2 Å². The van der Waals surface area contributed by atoms with Gasteiger partial charge in [-0.3, -0.25) is 4.90 Å². The van der Waals surface area contributed by atoms with Crippen LogP contribution in [-0.4, -0.2) is 22.1 Å². The number of thiazole rings is 1. The van der Waals surface area contributed by atoms with Gasteiger partial charge in [-0.25, -0.2) is 4.98 Å². The van der Waals surface area contributed by atoms with Gasteiger partial charge in [0.25, 0.3) is 0 Å². The summed E-state index contributed by atoms with van der Waals surface area (Å²) < 4.78 is 6.69. The molecule has 0 spiro atoms. The van der Waals surface area contributed by atoms with Gasteiger partial charge in [-0.1, -0.05) is 23.4 Å². The highest BCUT2D eigenvalue weighted by Crippen LogP contribution is 2.30. The van der Waals surface area contributed by atoms with Crippen molar-refractivity contribution in [1.29, 1.82) is 0 Å². The second kappa shape index (κ2) is 6.47. The van der Waals surface area contributed by atoms with Gasteiger partial charge in [0.05, 0.1) is 26.8 Å². The molecule has 4 aromatic rings. The topological polar surface area (TPSA) is 42.2 Å². The van der Waals surface area contributed by atoms with Crippen molar-refractivity contribution in [3.8, 4) is 10.6 Å². The number of para-hydroxylation sites is 1. The van der Waals surface area contributed by atoms with E-state index in [0.29, 0.717) is 0 Å². The van der Waals surface area contributed by atoms with Crippen LogP contribution in [-0.2, 0) is 6.54 Å². The van der Waals surface area contributed by atoms with E-state index in [9.17, 15) is 0 Å². The van der Waals surface area contributed by atoms with E-state index in [4.69, 9.17) is 9.51 Å². The summed E-state index contributed by atoms with van der Waals surface area (Å²) in [5, 5.41) is 7.37. The molecule has 4 rings (SSSR count). The largest absolute Gasteiger partial charge is 0.355 e. The number of aromatic nitrogens is 2. The fraction of sp³-hybridized carbons (Fsp3) is 0.222. The molecule has 0 radical (unpaired) electrons. The molecule has 24 heavy (non-hydrogen) atoms. The van der Waals surface area contributed by atoms with E-state index in [1.807, 2.05) is 29.6 Å². The Bertz CT molecular complexity index is 909. The van der Waals surface area contributed by atoms with Crippen molar-refractivity contribution < 1.29 is 4.52 Å². The third-order valence-electron chi connectivity index (χ3n) is 4.06. The van der Waals surface area contributed by atoms with E-state index in [0.717, 1.165) is 33.4 Å². The Balaban J connectivity index is 1.50. The summed E-state index contributed by atoms with van der Waals surface area (Å²) in [5.74, 6) is 0.834. The summed E-state index contributed by atoms with van der Waals surface area (Å²) in [6.07, 6.45) is 0. The minimum Gasteiger partial charge on any atom is -0.355 e. The van der Waals surface area contributed by atoms with E-state index < -0.39 is 0 Å². The summed E-state index contributed by atoms with van der Waals surface area (Å²) in [7, 11) is 2.09. The molecule has 3 heterocycles. The summed E-state index contributed by atoms with van der Waals surface area (Å²) in [5.41, 5.74) is 2.01. The molecule has 0 saturated heterocycles. The molecule has 0 saturated carbocycles. The summed E-state index contributed by atoms with van der Waals surface area (Å²) in [6.45, 7) is 2.91. The molecular weight excluding hydrogens is 338 g/mol. The summed E-state index contributed by atoms with van der Waals surface area (Å²) in [6, 6.07) is 14.6. The number of rotatable bonds is 5. The van der Waals surface area contributed by atoms with Crippen molar-refractivity contribution in [2.24, 2.45) is 0 Å².